The van der Waals surface area contributed by atoms with E-state index in [2.05, 4.69) is 25.7 Å². The standard InChI is InChI=1S/C26H33ClFN3O2/c1-26(2,3)18-24(32)30-14-11-29(12-15-30)13-16-31(19-20-7-9-23(28)10-8-20)25(33)21-5-4-6-22(27)17-21/h4-10,17H,11-16,18-19H2,1-3H3. The third-order valence-electron chi connectivity index (χ3n) is 5.74. The van der Waals surface area contributed by atoms with Crippen LogP contribution in [0.2, 0.25) is 5.02 Å². The second kappa shape index (κ2) is 11.1. The summed E-state index contributed by atoms with van der Waals surface area (Å²) in [5, 5.41) is 0.513. The van der Waals surface area contributed by atoms with Gasteiger partial charge in [-0.05, 0) is 41.3 Å². The number of rotatable bonds is 7. The van der Waals surface area contributed by atoms with E-state index in [1.54, 1.807) is 41.3 Å². The van der Waals surface area contributed by atoms with E-state index < -0.39 is 0 Å². The molecule has 2 aromatic carbocycles. The fourth-order valence-electron chi connectivity index (χ4n) is 3.92. The number of hydrogen-bond donors (Lipinski definition) is 0. The molecule has 5 nitrogen and oxygen atoms in total. The van der Waals surface area contributed by atoms with Gasteiger partial charge in [-0.15, -0.1) is 0 Å². The fourth-order valence-corrected chi connectivity index (χ4v) is 4.11. The minimum absolute atomic E-state index is 0.0181. The van der Waals surface area contributed by atoms with E-state index in [0.717, 1.165) is 18.7 Å². The second-order valence-electron chi connectivity index (χ2n) is 9.82. The number of carbonyl (C=O) groups is 2. The third kappa shape index (κ3) is 7.83. The first-order chi connectivity index (χ1) is 15.6. The Morgan fingerprint density at radius 1 is 1.03 bits per heavy atom. The predicted molar refractivity (Wildman–Crippen MR) is 130 cm³/mol. The van der Waals surface area contributed by atoms with Gasteiger partial charge in [0.05, 0.1) is 0 Å². The van der Waals surface area contributed by atoms with E-state index in [1.807, 2.05) is 4.90 Å². The molecule has 3 rings (SSSR count). The molecule has 0 atom stereocenters. The van der Waals surface area contributed by atoms with Crippen LogP contribution in [0.25, 0.3) is 0 Å². The summed E-state index contributed by atoms with van der Waals surface area (Å²) in [6, 6.07) is 13.1. The van der Waals surface area contributed by atoms with Crippen molar-refractivity contribution in [3.8, 4) is 0 Å². The molecule has 2 amide bonds. The molecule has 7 heteroatoms. The van der Waals surface area contributed by atoms with Crippen molar-refractivity contribution in [2.45, 2.75) is 33.7 Å². The lowest BCUT2D eigenvalue weighted by Gasteiger charge is -2.37. The molecule has 1 fully saturated rings. The number of halogens is 2. The van der Waals surface area contributed by atoms with Gasteiger partial charge in [0.1, 0.15) is 5.82 Å². The Morgan fingerprint density at radius 2 is 1.70 bits per heavy atom. The van der Waals surface area contributed by atoms with Gasteiger partial charge in [-0.3, -0.25) is 14.5 Å². The summed E-state index contributed by atoms with van der Waals surface area (Å²) in [5.41, 5.74) is 1.38. The van der Waals surface area contributed by atoms with Gasteiger partial charge >= 0.3 is 0 Å². The summed E-state index contributed by atoms with van der Waals surface area (Å²) >= 11 is 6.10. The Hall–Kier alpha value is -2.44. The number of hydrogen-bond acceptors (Lipinski definition) is 3. The van der Waals surface area contributed by atoms with E-state index in [1.165, 1.54) is 12.1 Å². The van der Waals surface area contributed by atoms with Crippen LogP contribution in [-0.4, -0.2) is 65.8 Å². The molecule has 0 bridgehead atoms. The van der Waals surface area contributed by atoms with E-state index >= 15 is 0 Å². The molecule has 0 saturated carbocycles. The van der Waals surface area contributed by atoms with Crippen LogP contribution in [0.1, 0.15) is 43.1 Å². The van der Waals surface area contributed by atoms with Crippen molar-refractivity contribution < 1.29 is 14.0 Å². The Balaban J connectivity index is 1.61. The summed E-state index contributed by atoms with van der Waals surface area (Å²) in [4.78, 5) is 31.7. The zero-order chi connectivity index (χ0) is 24.0. The van der Waals surface area contributed by atoms with Gasteiger partial charge in [-0.25, -0.2) is 4.39 Å². The number of piperazine rings is 1. The fraction of sp³-hybridized carbons (Fsp3) is 0.462. The molecule has 1 heterocycles. The summed E-state index contributed by atoms with van der Waals surface area (Å²) in [6.07, 6.45) is 0.548. The Labute approximate surface area is 201 Å². The van der Waals surface area contributed by atoms with Gasteiger partial charge < -0.3 is 9.80 Å². The lowest BCUT2D eigenvalue weighted by molar-refractivity contribution is -0.134. The number of carbonyl (C=O) groups excluding carboxylic acids is 2. The molecule has 33 heavy (non-hydrogen) atoms. The summed E-state index contributed by atoms with van der Waals surface area (Å²) in [6.45, 7) is 10.8. The second-order valence-corrected chi connectivity index (χ2v) is 10.3. The van der Waals surface area contributed by atoms with Crippen molar-refractivity contribution in [3.05, 3.63) is 70.5 Å². The first kappa shape index (κ1) is 25.2. The molecule has 1 saturated heterocycles. The molecule has 1 aliphatic rings. The van der Waals surface area contributed by atoms with Gasteiger partial charge in [-0.2, -0.15) is 0 Å². The molecule has 178 valence electrons. The summed E-state index contributed by atoms with van der Waals surface area (Å²) in [5.74, 6) is -0.206. The van der Waals surface area contributed by atoms with Crippen molar-refractivity contribution >= 4 is 23.4 Å². The van der Waals surface area contributed by atoms with Crippen LogP contribution >= 0.6 is 11.6 Å². The maximum atomic E-state index is 13.3. The number of benzene rings is 2. The van der Waals surface area contributed by atoms with Crippen LogP contribution in [0.4, 0.5) is 4.39 Å². The van der Waals surface area contributed by atoms with Gasteiger partial charge in [0.15, 0.2) is 0 Å². The molecule has 0 unspecified atom stereocenters. The molecular formula is C26H33ClFN3O2. The highest BCUT2D eigenvalue weighted by atomic mass is 35.5. The number of nitrogens with zero attached hydrogens (tertiary/aromatic N) is 3. The Bertz CT molecular complexity index is 951. The maximum Gasteiger partial charge on any atom is 0.254 e. The zero-order valence-corrected chi connectivity index (χ0v) is 20.4. The van der Waals surface area contributed by atoms with Crippen molar-refractivity contribution in [2.24, 2.45) is 5.41 Å². The molecule has 0 N–H and O–H groups in total. The highest BCUT2D eigenvalue weighted by Crippen LogP contribution is 2.20. The van der Waals surface area contributed by atoms with Crippen LogP contribution in [0.5, 0.6) is 0 Å². The average Bonchev–Trinajstić information content (AvgIpc) is 2.76. The van der Waals surface area contributed by atoms with Gasteiger partial charge in [-0.1, -0.05) is 50.6 Å². The maximum absolute atomic E-state index is 13.3. The van der Waals surface area contributed by atoms with Crippen molar-refractivity contribution in [1.82, 2.24) is 14.7 Å². The quantitative estimate of drug-likeness (QED) is 0.585. The Morgan fingerprint density at radius 3 is 2.30 bits per heavy atom. The molecule has 0 spiro atoms. The van der Waals surface area contributed by atoms with Crippen LogP contribution < -0.4 is 0 Å². The van der Waals surface area contributed by atoms with Gasteiger partial charge in [0, 0.05) is 62.8 Å². The van der Waals surface area contributed by atoms with E-state index in [-0.39, 0.29) is 23.0 Å². The summed E-state index contributed by atoms with van der Waals surface area (Å²) in [7, 11) is 0. The predicted octanol–water partition coefficient (Wildman–Crippen LogP) is 4.70. The van der Waals surface area contributed by atoms with Crippen molar-refractivity contribution in [2.75, 3.05) is 39.3 Å². The van der Waals surface area contributed by atoms with Gasteiger partial charge in [0.25, 0.3) is 5.91 Å². The van der Waals surface area contributed by atoms with Crippen LogP contribution in [0.15, 0.2) is 48.5 Å². The molecule has 1 aliphatic heterocycles. The molecule has 0 radical (unpaired) electrons. The zero-order valence-electron chi connectivity index (χ0n) is 19.7. The number of amides is 2. The highest BCUT2D eigenvalue weighted by molar-refractivity contribution is 6.30. The first-order valence-corrected chi connectivity index (χ1v) is 11.8. The minimum atomic E-state index is -0.301. The molecule has 0 aliphatic carbocycles. The minimum Gasteiger partial charge on any atom is -0.340 e. The van der Waals surface area contributed by atoms with Crippen LogP contribution in [-0.2, 0) is 11.3 Å². The van der Waals surface area contributed by atoms with Crippen molar-refractivity contribution in [1.29, 1.82) is 0 Å². The van der Waals surface area contributed by atoms with Crippen LogP contribution in [0, 0.1) is 11.2 Å². The third-order valence-corrected chi connectivity index (χ3v) is 5.97. The molecular weight excluding hydrogens is 441 g/mol. The lowest BCUT2D eigenvalue weighted by atomic mass is 9.91. The Kier molecular flexibility index (Phi) is 8.49. The van der Waals surface area contributed by atoms with Gasteiger partial charge in [0.2, 0.25) is 5.91 Å². The normalized spacial score (nSPS) is 14.9. The van der Waals surface area contributed by atoms with Crippen LogP contribution in [0.3, 0.4) is 0 Å². The molecule has 2 aromatic rings. The smallest absolute Gasteiger partial charge is 0.254 e. The molecule has 0 aromatic heterocycles. The summed E-state index contributed by atoms with van der Waals surface area (Å²) < 4.78 is 13.3. The van der Waals surface area contributed by atoms with E-state index in [9.17, 15) is 14.0 Å². The van der Waals surface area contributed by atoms with E-state index in [0.29, 0.717) is 49.7 Å². The largest absolute Gasteiger partial charge is 0.340 e. The van der Waals surface area contributed by atoms with E-state index in [4.69, 9.17) is 11.6 Å². The van der Waals surface area contributed by atoms with Crippen molar-refractivity contribution in [3.63, 3.8) is 0 Å². The lowest BCUT2D eigenvalue weighted by Crippen LogP contribution is -2.51. The monoisotopic (exact) mass is 473 g/mol. The topological polar surface area (TPSA) is 43.9 Å². The highest BCUT2D eigenvalue weighted by Gasteiger charge is 2.25. The SMILES string of the molecule is CC(C)(C)CC(=O)N1CCN(CCN(Cc2ccc(F)cc2)C(=O)c2cccc(Cl)c2)CC1. The first-order valence-electron chi connectivity index (χ1n) is 11.4. The average molecular weight is 474 g/mol.